The Morgan fingerprint density at radius 1 is 1.58 bits per heavy atom. The first-order valence-corrected chi connectivity index (χ1v) is 6.04. The summed E-state index contributed by atoms with van der Waals surface area (Å²) in [7, 11) is -2.82. The number of hydrogen-bond acceptors (Lipinski definition) is 3. The Morgan fingerprint density at radius 3 is 2.58 bits per heavy atom. The molecule has 12 heavy (non-hydrogen) atoms. The van der Waals surface area contributed by atoms with Crippen LogP contribution in [0.1, 0.15) is 13.3 Å². The second-order valence-corrected chi connectivity index (χ2v) is 5.27. The third kappa shape index (κ3) is 7.75. The second-order valence-electron chi connectivity index (χ2n) is 3.01. The van der Waals surface area contributed by atoms with Crippen LogP contribution in [0, 0.1) is 0 Å². The monoisotopic (exact) mass is 191 g/mol. The Hall–Kier alpha value is -0.350. The largest absolute Gasteiger partial charge is 0.313 e. The van der Waals surface area contributed by atoms with E-state index in [1.54, 1.807) is 0 Å². The fourth-order valence-electron chi connectivity index (χ4n) is 0.824. The van der Waals surface area contributed by atoms with Crippen LogP contribution >= 0.6 is 0 Å². The molecule has 0 bridgehead atoms. The van der Waals surface area contributed by atoms with Crippen molar-refractivity contribution in [3.05, 3.63) is 12.7 Å². The molecule has 0 fully saturated rings. The molecular weight excluding hydrogens is 174 g/mol. The van der Waals surface area contributed by atoms with Crippen molar-refractivity contribution in [1.82, 2.24) is 5.32 Å². The summed E-state index contributed by atoms with van der Waals surface area (Å²) in [6, 6.07) is 0.309. The summed E-state index contributed by atoms with van der Waals surface area (Å²) in [5, 5.41) is 3.09. The predicted octanol–water partition coefficient (Wildman–Crippen LogP) is 0.585. The Morgan fingerprint density at radius 2 is 2.17 bits per heavy atom. The Bertz CT molecular complexity index is 221. The molecule has 0 amide bonds. The van der Waals surface area contributed by atoms with Crippen LogP contribution < -0.4 is 5.32 Å². The summed E-state index contributed by atoms with van der Waals surface area (Å²) in [5.74, 6) is 0.203. The molecule has 0 aromatic carbocycles. The van der Waals surface area contributed by atoms with E-state index in [1.807, 2.05) is 13.0 Å². The van der Waals surface area contributed by atoms with Crippen molar-refractivity contribution in [1.29, 1.82) is 0 Å². The molecule has 4 heteroatoms. The molecule has 1 unspecified atom stereocenters. The first-order valence-electron chi connectivity index (χ1n) is 3.97. The molecule has 0 aromatic heterocycles. The molecule has 1 atom stereocenters. The van der Waals surface area contributed by atoms with Gasteiger partial charge in [-0.2, -0.15) is 0 Å². The zero-order chi connectivity index (χ0) is 9.61. The maximum absolute atomic E-state index is 10.7. The van der Waals surface area contributed by atoms with E-state index >= 15 is 0 Å². The van der Waals surface area contributed by atoms with Gasteiger partial charge in [0.05, 0.1) is 5.75 Å². The van der Waals surface area contributed by atoms with Crippen molar-refractivity contribution in [2.75, 3.05) is 18.6 Å². The molecule has 0 saturated carbocycles. The zero-order valence-electron chi connectivity index (χ0n) is 7.71. The van der Waals surface area contributed by atoms with E-state index < -0.39 is 9.84 Å². The molecule has 0 rings (SSSR count). The van der Waals surface area contributed by atoms with Crippen molar-refractivity contribution in [3.8, 4) is 0 Å². The van der Waals surface area contributed by atoms with Gasteiger partial charge in [-0.05, 0) is 13.3 Å². The van der Waals surface area contributed by atoms with Gasteiger partial charge in [-0.3, -0.25) is 0 Å². The molecule has 0 aliphatic carbocycles. The highest BCUT2D eigenvalue weighted by Crippen LogP contribution is 1.90. The van der Waals surface area contributed by atoms with Gasteiger partial charge in [-0.1, -0.05) is 6.08 Å². The minimum absolute atomic E-state index is 0.203. The average Bonchev–Trinajstić information content (AvgIpc) is 1.84. The van der Waals surface area contributed by atoms with Crippen molar-refractivity contribution in [3.63, 3.8) is 0 Å². The number of sulfone groups is 1. The van der Waals surface area contributed by atoms with Crippen LogP contribution in [0.2, 0.25) is 0 Å². The van der Waals surface area contributed by atoms with Gasteiger partial charge in [0, 0.05) is 18.8 Å². The van der Waals surface area contributed by atoms with Crippen LogP contribution in [0.25, 0.3) is 0 Å². The van der Waals surface area contributed by atoms with Gasteiger partial charge in [0.15, 0.2) is 0 Å². The zero-order valence-corrected chi connectivity index (χ0v) is 8.52. The minimum atomic E-state index is -2.82. The maximum Gasteiger partial charge on any atom is 0.148 e. The molecular formula is C8H17NO2S. The molecule has 3 nitrogen and oxygen atoms in total. The van der Waals surface area contributed by atoms with E-state index in [0.29, 0.717) is 12.6 Å². The van der Waals surface area contributed by atoms with Gasteiger partial charge in [-0.15, -0.1) is 6.58 Å². The third-order valence-corrected chi connectivity index (χ3v) is 2.43. The van der Waals surface area contributed by atoms with Crippen molar-refractivity contribution in [2.45, 2.75) is 19.4 Å². The SMILES string of the molecule is C=CCC(C)NCCS(C)(=O)=O. The van der Waals surface area contributed by atoms with Crippen LogP contribution in [0.5, 0.6) is 0 Å². The number of nitrogens with one attached hydrogen (secondary N) is 1. The lowest BCUT2D eigenvalue weighted by atomic mass is 10.2. The molecule has 0 aliphatic heterocycles. The summed E-state index contributed by atoms with van der Waals surface area (Å²) >= 11 is 0. The quantitative estimate of drug-likeness (QED) is 0.625. The van der Waals surface area contributed by atoms with Crippen molar-refractivity contribution < 1.29 is 8.42 Å². The van der Waals surface area contributed by atoms with Crippen molar-refractivity contribution >= 4 is 9.84 Å². The first-order chi connectivity index (χ1) is 5.45. The molecule has 0 aromatic rings. The van der Waals surface area contributed by atoms with Crippen molar-refractivity contribution in [2.24, 2.45) is 0 Å². The van der Waals surface area contributed by atoms with Crippen LogP contribution in [0.3, 0.4) is 0 Å². The van der Waals surface area contributed by atoms with E-state index in [0.717, 1.165) is 6.42 Å². The fourth-order valence-corrected chi connectivity index (χ4v) is 1.31. The molecule has 0 spiro atoms. The summed E-state index contributed by atoms with van der Waals surface area (Å²) in [6.45, 7) is 6.12. The predicted molar refractivity (Wildman–Crippen MR) is 52.0 cm³/mol. The highest BCUT2D eigenvalue weighted by molar-refractivity contribution is 7.90. The van der Waals surface area contributed by atoms with Gasteiger partial charge in [0.2, 0.25) is 0 Å². The lowest BCUT2D eigenvalue weighted by molar-refractivity contribution is 0.562. The summed E-state index contributed by atoms with van der Waals surface area (Å²) in [6.07, 6.45) is 3.93. The first kappa shape index (κ1) is 11.6. The van der Waals surface area contributed by atoms with E-state index in [2.05, 4.69) is 11.9 Å². The standard InChI is InChI=1S/C8H17NO2S/c1-4-5-8(2)9-6-7-12(3,10)11/h4,8-9H,1,5-7H2,2-3H3. The maximum atomic E-state index is 10.7. The molecule has 0 heterocycles. The molecule has 72 valence electrons. The minimum Gasteiger partial charge on any atom is -0.313 e. The van der Waals surface area contributed by atoms with Crippen LogP contribution in [-0.4, -0.2) is 33.0 Å². The van der Waals surface area contributed by atoms with E-state index in [9.17, 15) is 8.42 Å². The Labute approximate surface area is 74.8 Å². The lowest BCUT2D eigenvalue weighted by Crippen LogP contribution is -2.30. The third-order valence-electron chi connectivity index (χ3n) is 1.49. The van der Waals surface area contributed by atoms with Crippen LogP contribution in [0.15, 0.2) is 12.7 Å². The molecule has 0 aliphatic rings. The molecule has 0 saturated heterocycles. The van der Waals surface area contributed by atoms with Gasteiger partial charge in [0.1, 0.15) is 9.84 Å². The number of hydrogen-bond donors (Lipinski definition) is 1. The normalized spacial score (nSPS) is 14.2. The van der Waals surface area contributed by atoms with Gasteiger partial charge >= 0.3 is 0 Å². The lowest BCUT2D eigenvalue weighted by Gasteiger charge is -2.10. The van der Waals surface area contributed by atoms with E-state index in [4.69, 9.17) is 0 Å². The molecule has 0 radical (unpaired) electrons. The highest BCUT2D eigenvalue weighted by atomic mass is 32.2. The second kappa shape index (κ2) is 5.32. The average molecular weight is 191 g/mol. The van der Waals surface area contributed by atoms with E-state index in [-0.39, 0.29) is 5.75 Å². The summed E-state index contributed by atoms with van der Waals surface area (Å²) in [4.78, 5) is 0. The highest BCUT2D eigenvalue weighted by Gasteiger charge is 2.02. The smallest absolute Gasteiger partial charge is 0.148 e. The Balaban J connectivity index is 3.50. The van der Waals surface area contributed by atoms with Crippen LogP contribution in [0.4, 0.5) is 0 Å². The Kier molecular flexibility index (Phi) is 5.17. The van der Waals surface area contributed by atoms with Crippen LogP contribution in [-0.2, 0) is 9.84 Å². The van der Waals surface area contributed by atoms with Gasteiger partial charge in [0.25, 0.3) is 0 Å². The number of rotatable bonds is 6. The summed E-state index contributed by atoms with van der Waals surface area (Å²) < 4.78 is 21.4. The fraction of sp³-hybridized carbons (Fsp3) is 0.750. The summed E-state index contributed by atoms with van der Waals surface area (Å²) in [5.41, 5.74) is 0. The van der Waals surface area contributed by atoms with Gasteiger partial charge in [-0.25, -0.2) is 8.42 Å². The van der Waals surface area contributed by atoms with E-state index in [1.165, 1.54) is 6.26 Å². The topological polar surface area (TPSA) is 46.2 Å². The van der Waals surface area contributed by atoms with Gasteiger partial charge < -0.3 is 5.32 Å². The molecule has 1 N–H and O–H groups in total.